The highest BCUT2D eigenvalue weighted by Gasteiger charge is 2.25. The van der Waals surface area contributed by atoms with E-state index in [1.54, 1.807) is 30.3 Å². The SMILES string of the molecule is C=CC(C(=N)N(N)c1cc(C(=O)NC2CC2)ccc1C)=C(O)c1cccc(O)c1. The molecule has 0 aliphatic heterocycles. The molecule has 2 aromatic rings. The molecule has 0 bridgehead atoms. The number of aliphatic hydroxyl groups excluding tert-OH is 1. The van der Waals surface area contributed by atoms with E-state index in [4.69, 9.17) is 11.3 Å². The van der Waals surface area contributed by atoms with Gasteiger partial charge < -0.3 is 15.5 Å². The number of hydrogen-bond donors (Lipinski definition) is 5. The third kappa shape index (κ3) is 4.47. The quantitative estimate of drug-likeness (QED) is 0.129. The van der Waals surface area contributed by atoms with Gasteiger partial charge in [0.25, 0.3) is 5.91 Å². The van der Waals surface area contributed by atoms with Gasteiger partial charge in [0.15, 0.2) is 5.84 Å². The molecule has 2 aromatic carbocycles. The number of benzene rings is 2. The van der Waals surface area contributed by atoms with E-state index in [1.807, 2.05) is 6.92 Å². The molecule has 0 unspecified atom stereocenters. The van der Waals surface area contributed by atoms with Gasteiger partial charge in [-0.25, -0.2) is 5.84 Å². The van der Waals surface area contributed by atoms with Crippen LogP contribution in [0.2, 0.25) is 0 Å². The Labute approximate surface area is 169 Å². The van der Waals surface area contributed by atoms with E-state index in [-0.39, 0.29) is 34.9 Å². The van der Waals surface area contributed by atoms with E-state index >= 15 is 0 Å². The first-order chi connectivity index (χ1) is 13.8. The zero-order valence-corrected chi connectivity index (χ0v) is 16.1. The zero-order chi connectivity index (χ0) is 21.1. The number of nitrogens with two attached hydrogens (primary N) is 1. The van der Waals surface area contributed by atoms with Crippen LogP contribution in [0, 0.1) is 12.3 Å². The third-order valence-electron chi connectivity index (χ3n) is 4.72. The van der Waals surface area contributed by atoms with Crippen molar-refractivity contribution in [3.05, 3.63) is 77.4 Å². The number of nitrogens with one attached hydrogen (secondary N) is 2. The van der Waals surface area contributed by atoms with Gasteiger partial charge in [-0.15, -0.1) is 0 Å². The summed E-state index contributed by atoms with van der Waals surface area (Å²) in [6.45, 7) is 5.48. The maximum absolute atomic E-state index is 12.4. The van der Waals surface area contributed by atoms with Crippen LogP contribution in [-0.4, -0.2) is 28.0 Å². The molecule has 1 fully saturated rings. The van der Waals surface area contributed by atoms with Crippen molar-refractivity contribution in [1.82, 2.24) is 5.32 Å². The zero-order valence-electron chi connectivity index (χ0n) is 16.1. The van der Waals surface area contributed by atoms with Crippen LogP contribution < -0.4 is 16.2 Å². The summed E-state index contributed by atoms with van der Waals surface area (Å²) in [4.78, 5) is 12.4. The van der Waals surface area contributed by atoms with E-state index in [0.29, 0.717) is 16.8 Å². The lowest BCUT2D eigenvalue weighted by Crippen LogP contribution is -2.39. The minimum absolute atomic E-state index is 0.0150. The number of aryl methyl sites for hydroxylation is 1. The molecule has 7 heteroatoms. The van der Waals surface area contributed by atoms with Crippen molar-refractivity contribution in [3.63, 3.8) is 0 Å². The number of phenols is 1. The smallest absolute Gasteiger partial charge is 0.251 e. The highest BCUT2D eigenvalue weighted by atomic mass is 16.3. The van der Waals surface area contributed by atoms with E-state index in [1.165, 1.54) is 18.2 Å². The van der Waals surface area contributed by atoms with Crippen molar-refractivity contribution >= 4 is 23.2 Å². The molecule has 0 aromatic heterocycles. The summed E-state index contributed by atoms with van der Waals surface area (Å²) in [6.07, 6.45) is 3.29. The fourth-order valence-electron chi connectivity index (χ4n) is 2.87. The summed E-state index contributed by atoms with van der Waals surface area (Å²) >= 11 is 0. The van der Waals surface area contributed by atoms with Gasteiger partial charge in [0.2, 0.25) is 0 Å². The van der Waals surface area contributed by atoms with Crippen LogP contribution in [0.3, 0.4) is 0 Å². The normalized spacial score (nSPS) is 14.0. The first-order valence-electron chi connectivity index (χ1n) is 9.22. The molecule has 7 nitrogen and oxygen atoms in total. The number of anilines is 1. The summed E-state index contributed by atoms with van der Waals surface area (Å²) in [5.74, 6) is 5.54. The molecule has 29 heavy (non-hydrogen) atoms. The fourth-order valence-corrected chi connectivity index (χ4v) is 2.87. The van der Waals surface area contributed by atoms with E-state index in [9.17, 15) is 15.0 Å². The molecule has 1 aliphatic carbocycles. The maximum Gasteiger partial charge on any atom is 0.251 e. The number of rotatable bonds is 6. The number of aliphatic hydroxyl groups is 1. The van der Waals surface area contributed by atoms with Crippen molar-refractivity contribution in [3.8, 4) is 5.75 Å². The van der Waals surface area contributed by atoms with Crippen LogP contribution in [0.5, 0.6) is 5.75 Å². The summed E-state index contributed by atoms with van der Waals surface area (Å²) in [7, 11) is 0. The van der Waals surface area contributed by atoms with Gasteiger partial charge in [-0.1, -0.05) is 30.9 Å². The lowest BCUT2D eigenvalue weighted by Gasteiger charge is -2.23. The Balaban J connectivity index is 1.92. The average Bonchev–Trinajstić information content (AvgIpc) is 3.52. The first-order valence-corrected chi connectivity index (χ1v) is 9.22. The largest absolute Gasteiger partial charge is 0.508 e. The molecule has 0 heterocycles. The molecular formula is C22H24N4O3. The molecule has 1 amide bonds. The van der Waals surface area contributed by atoms with Crippen LogP contribution in [0.25, 0.3) is 5.76 Å². The van der Waals surface area contributed by atoms with Crippen LogP contribution in [-0.2, 0) is 0 Å². The number of carbonyl (C=O) groups excluding carboxylic acids is 1. The molecular weight excluding hydrogens is 368 g/mol. The van der Waals surface area contributed by atoms with Crippen molar-refractivity contribution in [2.24, 2.45) is 5.84 Å². The summed E-state index contributed by atoms with van der Waals surface area (Å²) < 4.78 is 0. The van der Waals surface area contributed by atoms with Gasteiger partial charge in [-0.05, 0) is 49.6 Å². The van der Waals surface area contributed by atoms with Gasteiger partial charge in [-0.3, -0.25) is 15.2 Å². The molecule has 0 radical (unpaired) electrons. The molecule has 150 valence electrons. The predicted octanol–water partition coefficient (Wildman–Crippen LogP) is 3.41. The predicted molar refractivity (Wildman–Crippen MR) is 114 cm³/mol. The highest BCUT2D eigenvalue weighted by molar-refractivity contribution is 6.13. The number of phenolic OH excluding ortho intramolecular Hbond substituents is 1. The van der Waals surface area contributed by atoms with Gasteiger partial charge in [0, 0.05) is 17.2 Å². The number of nitrogens with zero attached hydrogens (tertiary/aromatic N) is 1. The first kappa shape index (κ1) is 20.2. The van der Waals surface area contributed by atoms with Gasteiger partial charge in [-0.2, -0.15) is 0 Å². The van der Waals surface area contributed by atoms with Crippen molar-refractivity contribution in [2.45, 2.75) is 25.8 Å². The molecule has 3 rings (SSSR count). The van der Waals surface area contributed by atoms with Crippen molar-refractivity contribution in [1.29, 1.82) is 5.41 Å². The van der Waals surface area contributed by atoms with Gasteiger partial charge >= 0.3 is 0 Å². The Morgan fingerprint density at radius 3 is 2.62 bits per heavy atom. The lowest BCUT2D eigenvalue weighted by atomic mass is 10.1. The Morgan fingerprint density at radius 1 is 1.28 bits per heavy atom. The van der Waals surface area contributed by atoms with E-state index in [0.717, 1.165) is 23.4 Å². The second kappa shape index (κ2) is 8.20. The van der Waals surface area contributed by atoms with Crippen LogP contribution >= 0.6 is 0 Å². The molecule has 0 saturated heterocycles. The standard InChI is InChI=1S/C22H24N4O3/c1-3-18(20(28)14-5-4-6-17(27)11-14)21(23)26(24)19-12-15(8-7-13(19)2)22(29)25-16-9-10-16/h3-8,11-12,16,23,27-28H,1,9-10,24H2,2H3,(H,25,29). The van der Waals surface area contributed by atoms with E-state index < -0.39 is 0 Å². The summed E-state index contributed by atoms with van der Waals surface area (Å²) in [5.41, 5.74) is 2.08. The van der Waals surface area contributed by atoms with Crippen LogP contribution in [0.1, 0.15) is 34.3 Å². The molecule has 1 saturated carbocycles. The number of aromatic hydroxyl groups is 1. The Kier molecular flexibility index (Phi) is 5.70. The maximum atomic E-state index is 12.4. The number of hydrogen-bond acceptors (Lipinski definition) is 5. The van der Waals surface area contributed by atoms with Gasteiger partial charge in [0.05, 0.1) is 11.3 Å². The second-order valence-electron chi connectivity index (χ2n) is 6.98. The number of hydrazine groups is 1. The second-order valence-corrected chi connectivity index (χ2v) is 6.98. The Morgan fingerprint density at radius 2 is 2.00 bits per heavy atom. The lowest BCUT2D eigenvalue weighted by molar-refractivity contribution is 0.0951. The molecule has 0 spiro atoms. The average molecular weight is 392 g/mol. The fraction of sp³-hybridized carbons (Fsp3) is 0.182. The van der Waals surface area contributed by atoms with Crippen molar-refractivity contribution < 1.29 is 15.0 Å². The minimum Gasteiger partial charge on any atom is -0.508 e. The Hall–Kier alpha value is -3.58. The number of carbonyl (C=O) groups is 1. The molecule has 0 atom stereocenters. The van der Waals surface area contributed by atoms with Crippen LogP contribution in [0.15, 0.2) is 60.7 Å². The van der Waals surface area contributed by atoms with Gasteiger partial charge in [0.1, 0.15) is 11.5 Å². The van der Waals surface area contributed by atoms with E-state index in [2.05, 4.69) is 11.9 Å². The summed E-state index contributed by atoms with van der Waals surface area (Å²) in [5, 5.41) is 32.7. The Bertz CT molecular complexity index is 1010. The van der Waals surface area contributed by atoms with Crippen molar-refractivity contribution in [2.75, 3.05) is 5.01 Å². The monoisotopic (exact) mass is 392 g/mol. The third-order valence-corrected chi connectivity index (χ3v) is 4.72. The molecule has 1 aliphatic rings. The molecule has 6 N–H and O–H groups in total. The number of amidine groups is 1. The highest BCUT2D eigenvalue weighted by Crippen LogP contribution is 2.26. The minimum atomic E-state index is -0.239. The topological polar surface area (TPSA) is 123 Å². The summed E-state index contributed by atoms with van der Waals surface area (Å²) in [6, 6.07) is 11.4. The number of amides is 1. The van der Waals surface area contributed by atoms with Crippen LogP contribution in [0.4, 0.5) is 5.69 Å².